The van der Waals surface area contributed by atoms with Gasteiger partial charge in [-0.3, -0.25) is 4.79 Å². The summed E-state index contributed by atoms with van der Waals surface area (Å²) in [6.07, 6.45) is 10.3. The van der Waals surface area contributed by atoms with Crippen molar-refractivity contribution in [3.8, 4) is 0 Å². The highest BCUT2D eigenvalue weighted by Crippen LogP contribution is 2.38. The number of aromatic amines is 1. The van der Waals surface area contributed by atoms with Crippen molar-refractivity contribution in [2.24, 2.45) is 0 Å². The zero-order valence-corrected chi connectivity index (χ0v) is 16.5. The molecular weight excluding hydrogens is 403 g/mol. The number of benzene rings is 1. The summed E-state index contributed by atoms with van der Waals surface area (Å²) < 4.78 is 15.0. The van der Waals surface area contributed by atoms with E-state index in [1.165, 1.54) is 17.4 Å². The van der Waals surface area contributed by atoms with E-state index in [-0.39, 0.29) is 17.3 Å². The first kappa shape index (κ1) is 18.4. The van der Waals surface area contributed by atoms with Gasteiger partial charge in [-0.25, -0.2) is 14.4 Å². The minimum absolute atomic E-state index is 0.246. The first-order valence-corrected chi connectivity index (χ1v) is 10.2. The highest BCUT2D eigenvalue weighted by atomic mass is 32.1. The third kappa shape index (κ3) is 2.94. The second-order valence-corrected chi connectivity index (χ2v) is 7.95. The zero-order valence-electron chi connectivity index (χ0n) is 15.7. The monoisotopic (exact) mass is 420 g/mol. The summed E-state index contributed by atoms with van der Waals surface area (Å²) >= 11 is 1.35. The molecule has 7 nitrogen and oxygen atoms in total. The number of nitrogens with zero attached hydrogens (tertiary/aromatic N) is 3. The normalized spacial score (nSPS) is 19.5. The maximum Gasteiger partial charge on any atom is 0.258 e. The Kier molecular flexibility index (Phi) is 4.51. The quantitative estimate of drug-likeness (QED) is 0.448. The van der Waals surface area contributed by atoms with Crippen molar-refractivity contribution in [1.82, 2.24) is 25.2 Å². The molecule has 0 fully saturated rings. The predicted molar refractivity (Wildman–Crippen MR) is 113 cm³/mol. The average Bonchev–Trinajstić information content (AvgIpc) is 3.42. The molecule has 0 spiro atoms. The van der Waals surface area contributed by atoms with Crippen LogP contribution in [0.2, 0.25) is 0 Å². The fourth-order valence-corrected chi connectivity index (χ4v) is 4.88. The van der Waals surface area contributed by atoms with Crippen LogP contribution in [0.4, 0.5) is 4.39 Å². The van der Waals surface area contributed by atoms with E-state index in [0.717, 1.165) is 22.3 Å². The van der Waals surface area contributed by atoms with Gasteiger partial charge in [-0.1, -0.05) is 12.1 Å². The molecule has 0 saturated carbocycles. The van der Waals surface area contributed by atoms with Crippen molar-refractivity contribution in [3.63, 3.8) is 0 Å². The number of allylic oxidation sites excluding steroid dienone is 3. The average molecular weight is 420 g/mol. The van der Waals surface area contributed by atoms with E-state index in [9.17, 15) is 9.18 Å². The van der Waals surface area contributed by atoms with Gasteiger partial charge in [-0.15, -0.1) is 11.3 Å². The van der Waals surface area contributed by atoms with E-state index in [2.05, 4.69) is 20.3 Å². The summed E-state index contributed by atoms with van der Waals surface area (Å²) in [5, 5.41) is 11.5. The predicted octanol–water partition coefficient (Wildman–Crippen LogP) is 3.21. The van der Waals surface area contributed by atoms with E-state index in [1.54, 1.807) is 35.6 Å². The van der Waals surface area contributed by atoms with Crippen molar-refractivity contribution in [3.05, 3.63) is 82.4 Å². The highest BCUT2D eigenvalue weighted by Gasteiger charge is 2.37. The number of dihydropyridines is 1. The number of carbonyl (C=O) groups excluding carboxylic acids is 1. The second kappa shape index (κ2) is 7.34. The van der Waals surface area contributed by atoms with Crippen LogP contribution in [0.15, 0.2) is 60.2 Å². The van der Waals surface area contributed by atoms with Gasteiger partial charge < -0.3 is 20.6 Å². The summed E-state index contributed by atoms with van der Waals surface area (Å²) in [5.41, 5.74) is 2.74. The van der Waals surface area contributed by atoms with Crippen LogP contribution in [0, 0.1) is 11.2 Å². The summed E-state index contributed by atoms with van der Waals surface area (Å²) in [7, 11) is 0. The van der Waals surface area contributed by atoms with Crippen LogP contribution >= 0.6 is 11.3 Å². The number of thiazole rings is 1. The Morgan fingerprint density at radius 1 is 1.37 bits per heavy atom. The molecule has 5 rings (SSSR count). The van der Waals surface area contributed by atoms with Crippen LogP contribution in [-0.2, 0) is 11.2 Å². The number of imidazole rings is 1. The molecule has 3 N–H and O–H groups in total. The number of rotatable bonds is 3. The zero-order chi connectivity index (χ0) is 20.7. The third-order valence-electron chi connectivity index (χ3n) is 5.18. The summed E-state index contributed by atoms with van der Waals surface area (Å²) in [4.78, 5) is 27.2. The van der Waals surface area contributed by atoms with Gasteiger partial charge in [-0.2, -0.15) is 0 Å². The Labute approximate surface area is 175 Å². The van der Waals surface area contributed by atoms with Crippen LogP contribution < -0.4 is 5.32 Å². The smallest absolute Gasteiger partial charge is 0.258 e. The van der Waals surface area contributed by atoms with Crippen LogP contribution in [0.3, 0.4) is 0 Å². The molecule has 0 bridgehead atoms. The Balaban J connectivity index is 1.62. The van der Waals surface area contributed by atoms with E-state index < -0.39 is 6.04 Å². The number of nitrogens with one attached hydrogen (secondary N) is 3. The molecule has 0 saturated heterocycles. The largest absolute Gasteiger partial charge is 0.361 e. The Hall–Kier alpha value is -3.59. The van der Waals surface area contributed by atoms with Crippen molar-refractivity contribution >= 4 is 33.7 Å². The number of halogens is 1. The number of aromatic nitrogens is 3. The van der Waals surface area contributed by atoms with Crippen molar-refractivity contribution < 1.29 is 9.18 Å². The van der Waals surface area contributed by atoms with Crippen molar-refractivity contribution in [2.45, 2.75) is 12.5 Å². The first-order chi connectivity index (χ1) is 14.7. The molecule has 1 aromatic carbocycles. The van der Waals surface area contributed by atoms with Gasteiger partial charge in [0, 0.05) is 25.4 Å². The molecule has 1 amide bonds. The lowest BCUT2D eigenvalue weighted by atomic mass is 10.0. The number of para-hydroxylation sites is 1. The highest BCUT2D eigenvalue weighted by molar-refractivity contribution is 7.18. The lowest BCUT2D eigenvalue weighted by Gasteiger charge is -2.34. The van der Waals surface area contributed by atoms with Crippen molar-refractivity contribution in [2.75, 3.05) is 6.54 Å². The van der Waals surface area contributed by atoms with Gasteiger partial charge >= 0.3 is 0 Å². The minimum Gasteiger partial charge on any atom is -0.361 e. The minimum atomic E-state index is -0.529. The van der Waals surface area contributed by atoms with Gasteiger partial charge in [0.15, 0.2) is 0 Å². The van der Waals surface area contributed by atoms with E-state index in [0.29, 0.717) is 29.2 Å². The maximum absolute atomic E-state index is 14.3. The molecule has 9 heteroatoms. The van der Waals surface area contributed by atoms with Crippen molar-refractivity contribution in [1.29, 1.82) is 5.41 Å². The SMILES string of the molecule is N=C/C(C(=O)N1CCc2nc[nH]c2[C@H]1c1nc2c(F)cccc2s1)=C1/C=CC=CN1. The molecule has 150 valence electrons. The summed E-state index contributed by atoms with van der Waals surface area (Å²) in [6, 6.07) is 4.32. The Morgan fingerprint density at radius 3 is 3.03 bits per heavy atom. The topological polar surface area (TPSA) is 97.8 Å². The molecular formula is C21H17FN6OS. The maximum atomic E-state index is 14.3. The number of H-pyrrole nitrogens is 1. The molecule has 4 heterocycles. The first-order valence-electron chi connectivity index (χ1n) is 9.40. The van der Waals surface area contributed by atoms with Crippen LogP contribution in [0.25, 0.3) is 10.2 Å². The Morgan fingerprint density at radius 2 is 2.27 bits per heavy atom. The van der Waals surface area contributed by atoms with Crippen LogP contribution in [0.5, 0.6) is 0 Å². The molecule has 2 aliphatic heterocycles. The van der Waals surface area contributed by atoms with Crippen LogP contribution in [-0.4, -0.2) is 38.5 Å². The van der Waals surface area contributed by atoms with Gasteiger partial charge in [-0.05, 0) is 24.3 Å². The van der Waals surface area contributed by atoms with E-state index >= 15 is 0 Å². The van der Waals surface area contributed by atoms with E-state index in [1.807, 2.05) is 12.1 Å². The standard InChI is InChI=1S/C21H17FN6OS/c22-13-4-3-6-16-17(13)27-20(30-16)19-18-15(25-11-26-18)7-9-28(19)21(29)12(10-23)14-5-1-2-8-24-14/h1-6,8,10-11,19,23-24H,7,9H2,(H,25,26)/b14-12+,23-10?/t19-/m0/s1. The molecule has 0 unspecified atom stereocenters. The lowest BCUT2D eigenvalue weighted by molar-refractivity contribution is -0.128. The molecule has 30 heavy (non-hydrogen) atoms. The van der Waals surface area contributed by atoms with Gasteiger partial charge in [0.1, 0.15) is 22.4 Å². The number of hydrogen-bond donors (Lipinski definition) is 3. The number of amides is 1. The Bertz CT molecular complexity index is 1250. The number of carbonyl (C=O) groups is 1. The summed E-state index contributed by atoms with van der Waals surface area (Å²) in [6.45, 7) is 0.421. The molecule has 1 atom stereocenters. The molecule has 0 aliphatic carbocycles. The molecule has 0 radical (unpaired) electrons. The van der Waals surface area contributed by atoms with E-state index in [4.69, 9.17) is 5.41 Å². The molecule has 2 aliphatic rings. The lowest BCUT2D eigenvalue weighted by Crippen LogP contribution is -2.42. The molecule has 2 aromatic heterocycles. The van der Waals surface area contributed by atoms with Gasteiger partial charge in [0.2, 0.25) is 0 Å². The number of hydrogen-bond acceptors (Lipinski definition) is 6. The fraction of sp³-hybridized carbons (Fsp3) is 0.143. The molecule has 3 aromatic rings. The van der Waals surface area contributed by atoms with Gasteiger partial charge in [0.05, 0.1) is 33.7 Å². The summed E-state index contributed by atoms with van der Waals surface area (Å²) in [5.74, 6) is -0.684. The van der Waals surface area contributed by atoms with Crippen LogP contribution in [0.1, 0.15) is 22.4 Å². The number of fused-ring (bicyclic) bond motifs is 2. The third-order valence-corrected chi connectivity index (χ3v) is 6.25. The van der Waals surface area contributed by atoms with Gasteiger partial charge in [0.25, 0.3) is 5.91 Å². The second-order valence-electron chi connectivity index (χ2n) is 6.89. The fourth-order valence-electron chi connectivity index (χ4n) is 3.77.